The second-order valence-corrected chi connectivity index (χ2v) is 6.69. The molecule has 0 radical (unpaired) electrons. The number of alkyl halides is 1. The smallest absolute Gasteiger partial charge is 0.174 e. The van der Waals surface area contributed by atoms with E-state index in [1.54, 1.807) is 25.2 Å². The van der Waals surface area contributed by atoms with E-state index in [2.05, 4.69) is 42.7 Å². The number of nitrogens with one attached hydrogen (secondary N) is 1. The molecule has 3 rings (SSSR count). The molecule has 2 aromatic rings. The summed E-state index contributed by atoms with van der Waals surface area (Å²) in [5, 5.41) is 3.60. The van der Waals surface area contributed by atoms with Crippen molar-refractivity contribution in [2.45, 2.75) is 19.6 Å². The molecule has 1 atom stereocenters. The summed E-state index contributed by atoms with van der Waals surface area (Å²) < 4.78 is 20.9. The molecule has 132 valence electrons. The van der Waals surface area contributed by atoms with Crippen molar-refractivity contribution in [2.75, 3.05) is 30.4 Å². The number of rotatable bonds is 5. The van der Waals surface area contributed by atoms with E-state index < -0.39 is 6.30 Å². The molecule has 1 aliphatic heterocycles. The van der Waals surface area contributed by atoms with E-state index in [9.17, 15) is 4.39 Å². The van der Waals surface area contributed by atoms with E-state index in [0.29, 0.717) is 18.2 Å². The molecule has 0 amide bonds. The van der Waals surface area contributed by atoms with Crippen LogP contribution < -0.4 is 15.0 Å². The molecule has 0 fully saturated rings. The van der Waals surface area contributed by atoms with Crippen molar-refractivity contribution in [1.82, 2.24) is 9.97 Å². The first-order valence-corrected chi connectivity index (χ1v) is 8.83. The summed E-state index contributed by atoms with van der Waals surface area (Å²) in [7, 11) is 2.00. The molecular weight excluding hydrogens is 387 g/mol. The van der Waals surface area contributed by atoms with Crippen molar-refractivity contribution in [3.63, 3.8) is 0 Å². The highest BCUT2D eigenvalue weighted by atomic mass is 79.9. The largest absolute Gasteiger partial charge is 0.488 e. The SMILES string of the molecule is C=C/C=C\CC(F)Nc1nc(C)nc2c3c(c(Br)cc12)OCCN3C. The number of allylic oxidation sites excluding steroid dienone is 2. The van der Waals surface area contributed by atoms with Gasteiger partial charge in [-0.1, -0.05) is 24.8 Å². The van der Waals surface area contributed by atoms with Gasteiger partial charge in [-0.05, 0) is 28.9 Å². The van der Waals surface area contributed by atoms with Gasteiger partial charge < -0.3 is 15.0 Å². The van der Waals surface area contributed by atoms with Crippen molar-refractivity contribution in [3.8, 4) is 5.75 Å². The second-order valence-electron chi connectivity index (χ2n) is 5.83. The molecule has 1 aromatic heterocycles. The van der Waals surface area contributed by atoms with Gasteiger partial charge in [0.05, 0.1) is 11.0 Å². The molecule has 2 heterocycles. The average Bonchev–Trinajstić information content (AvgIpc) is 2.56. The molecule has 0 aliphatic carbocycles. The molecule has 25 heavy (non-hydrogen) atoms. The first kappa shape index (κ1) is 17.7. The number of fused-ring (bicyclic) bond motifs is 3. The Morgan fingerprint density at radius 3 is 3.08 bits per heavy atom. The Morgan fingerprint density at radius 2 is 2.32 bits per heavy atom. The van der Waals surface area contributed by atoms with Crippen LogP contribution in [0.5, 0.6) is 5.75 Å². The topological polar surface area (TPSA) is 50.3 Å². The number of nitrogens with zero attached hydrogens (tertiary/aromatic N) is 3. The Balaban J connectivity index is 2.08. The summed E-state index contributed by atoms with van der Waals surface area (Å²) in [6.07, 6.45) is 4.04. The first-order chi connectivity index (χ1) is 12.0. The zero-order valence-corrected chi connectivity index (χ0v) is 15.8. The van der Waals surface area contributed by atoms with Crippen LogP contribution in [0.4, 0.5) is 15.9 Å². The highest BCUT2D eigenvalue weighted by molar-refractivity contribution is 9.10. The summed E-state index contributed by atoms with van der Waals surface area (Å²) in [5.74, 6) is 1.81. The summed E-state index contributed by atoms with van der Waals surface area (Å²) in [6.45, 7) is 6.76. The first-order valence-electron chi connectivity index (χ1n) is 8.04. The lowest BCUT2D eigenvalue weighted by molar-refractivity contribution is 0.310. The number of aromatic nitrogens is 2. The maximum absolute atomic E-state index is 14.3. The number of ether oxygens (including phenoxy) is 1. The van der Waals surface area contributed by atoms with Crippen LogP contribution in [0, 0.1) is 6.92 Å². The van der Waals surface area contributed by atoms with Gasteiger partial charge in [0, 0.05) is 18.9 Å². The number of likely N-dealkylation sites (N-methyl/N-ethyl adjacent to an activating group) is 1. The molecule has 0 spiro atoms. The van der Waals surface area contributed by atoms with Gasteiger partial charge in [0.15, 0.2) is 12.0 Å². The van der Waals surface area contributed by atoms with Gasteiger partial charge in [0.2, 0.25) is 0 Å². The normalized spacial score (nSPS) is 15.1. The fourth-order valence-corrected chi connectivity index (χ4v) is 3.34. The predicted octanol–water partition coefficient (Wildman–Crippen LogP) is 4.37. The summed E-state index contributed by atoms with van der Waals surface area (Å²) in [5.41, 5.74) is 1.65. The highest BCUT2D eigenvalue weighted by Crippen LogP contribution is 2.44. The van der Waals surface area contributed by atoms with Gasteiger partial charge in [-0.25, -0.2) is 14.4 Å². The molecule has 5 nitrogen and oxygen atoms in total. The van der Waals surface area contributed by atoms with Crippen LogP contribution in [0.15, 0.2) is 35.3 Å². The number of benzene rings is 1. The maximum atomic E-state index is 14.3. The molecule has 1 aliphatic rings. The molecule has 0 saturated heterocycles. The van der Waals surface area contributed by atoms with Crippen molar-refractivity contribution in [1.29, 1.82) is 0 Å². The van der Waals surface area contributed by atoms with E-state index in [1.165, 1.54) is 0 Å². The van der Waals surface area contributed by atoms with E-state index in [4.69, 9.17) is 4.74 Å². The minimum Gasteiger partial charge on any atom is -0.488 e. The minimum atomic E-state index is -1.25. The van der Waals surface area contributed by atoms with Gasteiger partial charge >= 0.3 is 0 Å². The van der Waals surface area contributed by atoms with Crippen LogP contribution in [0.2, 0.25) is 0 Å². The van der Waals surface area contributed by atoms with E-state index in [-0.39, 0.29) is 6.42 Å². The van der Waals surface area contributed by atoms with Crippen LogP contribution >= 0.6 is 15.9 Å². The molecule has 1 aromatic carbocycles. The van der Waals surface area contributed by atoms with Crippen LogP contribution in [-0.2, 0) is 0 Å². The van der Waals surface area contributed by atoms with Crippen LogP contribution in [0.1, 0.15) is 12.2 Å². The maximum Gasteiger partial charge on any atom is 0.174 e. The van der Waals surface area contributed by atoms with Crippen molar-refractivity contribution in [2.24, 2.45) is 0 Å². The van der Waals surface area contributed by atoms with Gasteiger partial charge in [-0.3, -0.25) is 0 Å². The lowest BCUT2D eigenvalue weighted by atomic mass is 10.1. The molecular formula is C18H20BrFN4O. The summed E-state index contributed by atoms with van der Waals surface area (Å²) in [6, 6.07) is 1.88. The third-order valence-electron chi connectivity index (χ3n) is 3.95. The van der Waals surface area contributed by atoms with Gasteiger partial charge in [0.1, 0.15) is 29.5 Å². The number of anilines is 2. The van der Waals surface area contributed by atoms with Crippen LogP contribution in [0.25, 0.3) is 10.9 Å². The zero-order chi connectivity index (χ0) is 18.0. The lowest BCUT2D eigenvalue weighted by Gasteiger charge is -2.29. The number of hydrogen-bond acceptors (Lipinski definition) is 5. The number of hydrogen-bond donors (Lipinski definition) is 1. The monoisotopic (exact) mass is 406 g/mol. The fraction of sp³-hybridized carbons (Fsp3) is 0.333. The number of halogens is 2. The Kier molecular flexibility index (Phi) is 5.22. The van der Waals surface area contributed by atoms with Crippen molar-refractivity contribution in [3.05, 3.63) is 41.2 Å². The van der Waals surface area contributed by atoms with Crippen molar-refractivity contribution >= 4 is 38.3 Å². The molecule has 1 N–H and O–H groups in total. The Bertz CT molecular complexity index is 840. The Morgan fingerprint density at radius 1 is 1.52 bits per heavy atom. The molecule has 0 saturated carbocycles. The van der Waals surface area contributed by atoms with E-state index in [1.807, 2.05) is 13.1 Å². The van der Waals surface area contributed by atoms with Gasteiger partial charge in [0.25, 0.3) is 0 Å². The van der Waals surface area contributed by atoms with E-state index in [0.717, 1.165) is 33.4 Å². The zero-order valence-electron chi connectivity index (χ0n) is 14.2. The number of aryl methyl sites for hydroxylation is 1. The Labute approximate surface area is 154 Å². The summed E-state index contributed by atoms with van der Waals surface area (Å²) >= 11 is 3.55. The second kappa shape index (κ2) is 7.39. The van der Waals surface area contributed by atoms with Crippen LogP contribution in [-0.4, -0.2) is 36.5 Å². The molecule has 7 heteroatoms. The Hall–Kier alpha value is -2.15. The predicted molar refractivity (Wildman–Crippen MR) is 103 cm³/mol. The highest BCUT2D eigenvalue weighted by Gasteiger charge is 2.24. The van der Waals surface area contributed by atoms with Crippen LogP contribution in [0.3, 0.4) is 0 Å². The molecule has 1 unspecified atom stereocenters. The minimum absolute atomic E-state index is 0.228. The van der Waals surface area contributed by atoms with Crippen molar-refractivity contribution < 1.29 is 9.13 Å². The lowest BCUT2D eigenvalue weighted by Crippen LogP contribution is -2.29. The third kappa shape index (κ3) is 3.61. The fourth-order valence-electron chi connectivity index (χ4n) is 2.81. The standard InChI is InChI=1S/C18H20BrFN4O/c1-4-5-6-7-14(20)23-18-12-10-13(19)17-16(24(3)8-9-25-17)15(12)21-11(2)22-18/h4-6,10,14H,1,7-9H2,2-3H3,(H,21,22,23)/b6-5-. The van der Waals surface area contributed by atoms with Gasteiger partial charge in [-0.15, -0.1) is 0 Å². The third-order valence-corrected chi connectivity index (χ3v) is 4.54. The molecule has 0 bridgehead atoms. The summed E-state index contributed by atoms with van der Waals surface area (Å²) in [4.78, 5) is 11.1. The quantitative estimate of drug-likeness (QED) is 0.589. The van der Waals surface area contributed by atoms with E-state index >= 15 is 0 Å². The van der Waals surface area contributed by atoms with Gasteiger partial charge in [-0.2, -0.15) is 0 Å². The average molecular weight is 407 g/mol.